The fraction of sp³-hybridized carbons (Fsp3) is 0.476. The van der Waals surface area contributed by atoms with E-state index in [0.29, 0.717) is 50.1 Å². The average Bonchev–Trinajstić information content (AvgIpc) is 3.03. The van der Waals surface area contributed by atoms with Gasteiger partial charge in [-0.2, -0.15) is 0 Å². The number of carbonyl (C=O) groups is 2. The van der Waals surface area contributed by atoms with E-state index in [4.69, 9.17) is 4.42 Å². The zero-order chi connectivity index (χ0) is 20.1. The minimum absolute atomic E-state index is 0.0291. The largest absolute Gasteiger partial charge is 0.441 e. The first-order valence-corrected chi connectivity index (χ1v) is 9.73. The topological polar surface area (TPSA) is 78.7 Å². The van der Waals surface area contributed by atoms with Crippen molar-refractivity contribution >= 4 is 11.8 Å². The Morgan fingerprint density at radius 1 is 1.14 bits per heavy atom. The second kappa shape index (κ2) is 9.01. The molecule has 0 bridgehead atoms. The van der Waals surface area contributed by atoms with Crippen LogP contribution in [0.2, 0.25) is 0 Å². The zero-order valence-electron chi connectivity index (χ0n) is 16.8. The number of benzene rings is 1. The van der Waals surface area contributed by atoms with E-state index < -0.39 is 0 Å². The standard InChI is InChI=1S/C21H28N4O3/c1-15(2)22-19(26)14-24-9-11-25(12-10-24)20(27)13-18-16(3)28-21(23-18)17-7-5-4-6-8-17/h4-8,15H,9-14H2,1-3H3,(H,22,26). The van der Waals surface area contributed by atoms with E-state index in [-0.39, 0.29) is 24.3 Å². The van der Waals surface area contributed by atoms with Crippen molar-refractivity contribution in [2.45, 2.75) is 33.2 Å². The quantitative estimate of drug-likeness (QED) is 0.822. The summed E-state index contributed by atoms with van der Waals surface area (Å²) in [6, 6.07) is 9.82. The summed E-state index contributed by atoms with van der Waals surface area (Å²) < 4.78 is 5.75. The average molecular weight is 384 g/mol. The number of hydrogen-bond acceptors (Lipinski definition) is 5. The molecule has 7 nitrogen and oxygen atoms in total. The third-order valence-electron chi connectivity index (χ3n) is 4.77. The molecule has 2 amide bonds. The summed E-state index contributed by atoms with van der Waals surface area (Å²) in [6.45, 7) is 8.75. The lowest BCUT2D eigenvalue weighted by molar-refractivity contribution is -0.132. The predicted octanol–water partition coefficient (Wildman–Crippen LogP) is 1.86. The molecule has 1 aromatic carbocycles. The first-order chi connectivity index (χ1) is 13.4. The summed E-state index contributed by atoms with van der Waals surface area (Å²) in [6.07, 6.45) is 0.232. The highest BCUT2D eigenvalue weighted by Crippen LogP contribution is 2.22. The number of carbonyl (C=O) groups excluding carboxylic acids is 2. The lowest BCUT2D eigenvalue weighted by Crippen LogP contribution is -2.51. The Morgan fingerprint density at radius 2 is 1.82 bits per heavy atom. The summed E-state index contributed by atoms with van der Waals surface area (Å²) in [5, 5.41) is 2.90. The Hall–Kier alpha value is -2.67. The van der Waals surface area contributed by atoms with Crippen LogP contribution in [0.25, 0.3) is 11.5 Å². The highest BCUT2D eigenvalue weighted by atomic mass is 16.4. The smallest absolute Gasteiger partial charge is 0.234 e. The summed E-state index contributed by atoms with van der Waals surface area (Å²) >= 11 is 0. The minimum Gasteiger partial charge on any atom is -0.441 e. The molecule has 1 aromatic heterocycles. The maximum Gasteiger partial charge on any atom is 0.234 e. The Balaban J connectivity index is 1.52. The highest BCUT2D eigenvalue weighted by Gasteiger charge is 2.24. The molecule has 1 saturated heterocycles. The monoisotopic (exact) mass is 384 g/mol. The maximum atomic E-state index is 12.7. The van der Waals surface area contributed by atoms with Gasteiger partial charge in [-0.15, -0.1) is 0 Å². The van der Waals surface area contributed by atoms with Gasteiger partial charge in [0.2, 0.25) is 17.7 Å². The first kappa shape index (κ1) is 20.1. The van der Waals surface area contributed by atoms with Crippen molar-refractivity contribution < 1.29 is 14.0 Å². The van der Waals surface area contributed by atoms with Gasteiger partial charge in [-0.1, -0.05) is 18.2 Å². The summed E-state index contributed by atoms with van der Waals surface area (Å²) in [5.74, 6) is 1.29. The molecule has 28 heavy (non-hydrogen) atoms. The van der Waals surface area contributed by atoms with Crippen LogP contribution in [0.4, 0.5) is 0 Å². The summed E-state index contributed by atoms with van der Waals surface area (Å²) in [7, 11) is 0. The number of oxazole rings is 1. The lowest BCUT2D eigenvalue weighted by Gasteiger charge is -2.34. The van der Waals surface area contributed by atoms with Crippen LogP contribution in [-0.4, -0.2) is 65.4 Å². The zero-order valence-corrected chi connectivity index (χ0v) is 16.8. The van der Waals surface area contributed by atoms with E-state index in [1.807, 2.05) is 56.0 Å². The Bertz CT molecular complexity index is 808. The van der Waals surface area contributed by atoms with E-state index in [2.05, 4.69) is 15.2 Å². The van der Waals surface area contributed by atoms with Crippen LogP contribution in [0.15, 0.2) is 34.7 Å². The van der Waals surface area contributed by atoms with Crippen molar-refractivity contribution in [3.63, 3.8) is 0 Å². The van der Waals surface area contributed by atoms with Gasteiger partial charge in [-0.05, 0) is 32.9 Å². The molecule has 0 unspecified atom stereocenters. The first-order valence-electron chi connectivity index (χ1n) is 9.73. The van der Waals surface area contributed by atoms with E-state index in [1.54, 1.807) is 0 Å². The SMILES string of the molecule is Cc1oc(-c2ccccc2)nc1CC(=O)N1CCN(CC(=O)NC(C)C)CC1. The molecule has 2 heterocycles. The van der Waals surface area contributed by atoms with Crippen LogP contribution >= 0.6 is 0 Å². The van der Waals surface area contributed by atoms with Crippen LogP contribution < -0.4 is 5.32 Å². The molecular formula is C21H28N4O3. The van der Waals surface area contributed by atoms with Gasteiger partial charge >= 0.3 is 0 Å². The van der Waals surface area contributed by atoms with Gasteiger partial charge < -0.3 is 14.6 Å². The van der Waals surface area contributed by atoms with Crippen LogP contribution in [0.5, 0.6) is 0 Å². The third kappa shape index (κ3) is 5.19. The fourth-order valence-electron chi connectivity index (χ4n) is 3.28. The number of amides is 2. The summed E-state index contributed by atoms with van der Waals surface area (Å²) in [5.41, 5.74) is 1.58. The van der Waals surface area contributed by atoms with Gasteiger partial charge in [0.25, 0.3) is 0 Å². The number of rotatable bonds is 6. The molecular weight excluding hydrogens is 356 g/mol. The van der Waals surface area contributed by atoms with Crippen molar-refractivity contribution in [3.8, 4) is 11.5 Å². The summed E-state index contributed by atoms with van der Waals surface area (Å²) in [4.78, 5) is 33.0. The van der Waals surface area contributed by atoms with E-state index in [9.17, 15) is 9.59 Å². The second-order valence-electron chi connectivity index (χ2n) is 7.44. The van der Waals surface area contributed by atoms with E-state index in [1.165, 1.54) is 0 Å². The maximum absolute atomic E-state index is 12.7. The van der Waals surface area contributed by atoms with Crippen LogP contribution in [0, 0.1) is 6.92 Å². The molecule has 1 fully saturated rings. The Kier molecular flexibility index (Phi) is 6.46. The van der Waals surface area contributed by atoms with Crippen LogP contribution in [0.1, 0.15) is 25.3 Å². The molecule has 3 rings (SSSR count). The molecule has 150 valence electrons. The van der Waals surface area contributed by atoms with E-state index >= 15 is 0 Å². The lowest BCUT2D eigenvalue weighted by atomic mass is 10.2. The van der Waals surface area contributed by atoms with Gasteiger partial charge in [0.1, 0.15) is 5.76 Å². The van der Waals surface area contributed by atoms with Crippen molar-refractivity contribution in [2.75, 3.05) is 32.7 Å². The molecule has 2 aromatic rings. The molecule has 0 radical (unpaired) electrons. The Morgan fingerprint density at radius 3 is 2.46 bits per heavy atom. The van der Waals surface area contributed by atoms with Crippen LogP contribution in [0.3, 0.4) is 0 Å². The third-order valence-corrected chi connectivity index (χ3v) is 4.77. The fourth-order valence-corrected chi connectivity index (χ4v) is 3.28. The molecule has 0 atom stereocenters. The molecule has 0 spiro atoms. The number of hydrogen-bond donors (Lipinski definition) is 1. The van der Waals surface area contributed by atoms with Gasteiger partial charge in [0.05, 0.1) is 18.7 Å². The number of aromatic nitrogens is 1. The van der Waals surface area contributed by atoms with Gasteiger partial charge in [-0.3, -0.25) is 14.5 Å². The van der Waals surface area contributed by atoms with Crippen molar-refractivity contribution in [3.05, 3.63) is 41.8 Å². The number of nitrogens with zero attached hydrogens (tertiary/aromatic N) is 3. The molecule has 1 aliphatic rings. The van der Waals surface area contributed by atoms with E-state index in [0.717, 1.165) is 5.56 Å². The molecule has 0 saturated carbocycles. The minimum atomic E-state index is 0.0291. The molecule has 7 heteroatoms. The molecule has 1 N–H and O–H groups in total. The van der Waals surface area contributed by atoms with Crippen LogP contribution in [-0.2, 0) is 16.0 Å². The Labute approximate surface area is 165 Å². The molecule has 1 aliphatic heterocycles. The van der Waals surface area contributed by atoms with Crippen molar-refractivity contribution in [1.82, 2.24) is 20.1 Å². The number of nitrogens with one attached hydrogen (secondary N) is 1. The van der Waals surface area contributed by atoms with Crippen molar-refractivity contribution in [1.29, 1.82) is 0 Å². The highest BCUT2D eigenvalue weighted by molar-refractivity contribution is 5.79. The molecule has 0 aliphatic carbocycles. The normalized spacial score (nSPS) is 15.1. The number of aryl methyl sites for hydroxylation is 1. The van der Waals surface area contributed by atoms with Gasteiger partial charge in [-0.25, -0.2) is 4.98 Å². The second-order valence-corrected chi connectivity index (χ2v) is 7.44. The van der Waals surface area contributed by atoms with Crippen molar-refractivity contribution in [2.24, 2.45) is 0 Å². The van der Waals surface area contributed by atoms with Gasteiger partial charge in [0.15, 0.2) is 0 Å². The number of piperazine rings is 1. The predicted molar refractivity (Wildman–Crippen MR) is 107 cm³/mol. The van der Waals surface area contributed by atoms with Gasteiger partial charge in [0, 0.05) is 37.8 Å².